The van der Waals surface area contributed by atoms with Gasteiger partial charge in [-0.05, 0) is 31.0 Å². The van der Waals surface area contributed by atoms with Gasteiger partial charge in [-0.15, -0.1) is 0 Å². The van der Waals surface area contributed by atoms with Crippen LogP contribution in [0.15, 0.2) is 12.1 Å². The zero-order valence-electron chi connectivity index (χ0n) is 12.4. The third-order valence-corrected chi connectivity index (χ3v) is 4.61. The Morgan fingerprint density at radius 1 is 1.32 bits per heavy atom. The number of hydrogen-bond acceptors (Lipinski definition) is 3. The highest BCUT2D eigenvalue weighted by atomic mass is 32.2. The average molecular weight is 332 g/mol. The molecule has 1 heterocycles. The van der Waals surface area contributed by atoms with Crippen LogP contribution in [0.1, 0.15) is 18.1 Å². The maximum absolute atomic E-state index is 13.8. The molecule has 1 aromatic rings. The molecule has 0 aromatic heterocycles. The minimum Gasteiger partial charge on any atom is -0.335 e. The van der Waals surface area contributed by atoms with Crippen molar-refractivity contribution in [3.8, 4) is 0 Å². The number of fused-ring (bicyclic) bond motifs is 1. The fourth-order valence-electron chi connectivity index (χ4n) is 2.56. The van der Waals surface area contributed by atoms with Gasteiger partial charge in [-0.25, -0.2) is 22.0 Å². The van der Waals surface area contributed by atoms with E-state index >= 15 is 0 Å². The van der Waals surface area contributed by atoms with Gasteiger partial charge < -0.3 is 10.2 Å². The van der Waals surface area contributed by atoms with E-state index in [1.54, 1.807) is 6.92 Å². The number of amides is 2. The van der Waals surface area contributed by atoms with Crippen molar-refractivity contribution in [1.82, 2.24) is 10.2 Å². The molecule has 1 atom stereocenters. The number of carbonyl (C=O) groups excluding carboxylic acids is 1. The van der Waals surface area contributed by atoms with Gasteiger partial charge in [0, 0.05) is 24.4 Å². The lowest BCUT2D eigenvalue weighted by atomic mass is 9.99. The highest BCUT2D eigenvalue weighted by molar-refractivity contribution is 7.90. The summed E-state index contributed by atoms with van der Waals surface area (Å²) in [4.78, 5) is 13.5. The topological polar surface area (TPSA) is 66.5 Å². The van der Waals surface area contributed by atoms with E-state index in [0.717, 1.165) is 18.4 Å². The molecule has 1 aliphatic heterocycles. The van der Waals surface area contributed by atoms with E-state index in [0.29, 0.717) is 5.56 Å². The van der Waals surface area contributed by atoms with Gasteiger partial charge in [0.2, 0.25) is 0 Å². The Morgan fingerprint density at radius 3 is 2.50 bits per heavy atom. The first kappa shape index (κ1) is 16.7. The Hall–Kier alpha value is -1.70. The van der Waals surface area contributed by atoms with Crippen LogP contribution in [0.3, 0.4) is 0 Å². The van der Waals surface area contributed by atoms with Gasteiger partial charge in [0.25, 0.3) is 0 Å². The smallest absolute Gasteiger partial charge is 0.317 e. The van der Waals surface area contributed by atoms with Crippen LogP contribution in [0.4, 0.5) is 13.6 Å². The first-order valence-corrected chi connectivity index (χ1v) is 8.92. The summed E-state index contributed by atoms with van der Waals surface area (Å²) in [5.41, 5.74) is 0.477. The van der Waals surface area contributed by atoms with Crippen LogP contribution in [0.2, 0.25) is 0 Å². The average Bonchev–Trinajstić information content (AvgIpc) is 2.40. The number of carbonyl (C=O) groups is 1. The third-order valence-electron chi connectivity index (χ3n) is 3.51. The minimum absolute atomic E-state index is 0.0314. The molecule has 0 radical (unpaired) electrons. The molecule has 0 saturated carbocycles. The molecule has 2 amide bonds. The van der Waals surface area contributed by atoms with E-state index < -0.39 is 33.5 Å². The molecule has 22 heavy (non-hydrogen) atoms. The van der Waals surface area contributed by atoms with E-state index in [4.69, 9.17) is 0 Å². The molecule has 1 aromatic carbocycles. The molecule has 1 N–H and O–H groups in total. The lowest BCUT2D eigenvalue weighted by molar-refractivity contribution is 0.188. The maximum Gasteiger partial charge on any atom is 0.317 e. The Labute approximate surface area is 128 Å². The van der Waals surface area contributed by atoms with Crippen LogP contribution in [-0.2, 0) is 22.8 Å². The van der Waals surface area contributed by atoms with E-state index in [9.17, 15) is 22.0 Å². The number of sulfone groups is 1. The highest BCUT2D eigenvalue weighted by Gasteiger charge is 2.26. The minimum atomic E-state index is -3.20. The van der Waals surface area contributed by atoms with E-state index in [2.05, 4.69) is 5.32 Å². The summed E-state index contributed by atoms with van der Waals surface area (Å²) in [6.45, 7) is 1.80. The lowest BCUT2D eigenvalue weighted by Crippen LogP contribution is -2.47. The van der Waals surface area contributed by atoms with Crippen molar-refractivity contribution in [3.63, 3.8) is 0 Å². The molecule has 2 rings (SSSR count). The molecule has 0 aliphatic carbocycles. The predicted octanol–water partition coefficient (Wildman–Crippen LogP) is 1.47. The quantitative estimate of drug-likeness (QED) is 0.911. The number of rotatable bonds is 3. The van der Waals surface area contributed by atoms with Crippen LogP contribution in [0, 0.1) is 11.6 Å². The number of halogens is 2. The zero-order chi connectivity index (χ0) is 16.5. The second kappa shape index (κ2) is 6.20. The number of urea groups is 1. The summed E-state index contributed by atoms with van der Waals surface area (Å²) in [6, 6.07) is 1.09. The zero-order valence-corrected chi connectivity index (χ0v) is 13.2. The molecule has 0 bridgehead atoms. The number of benzene rings is 1. The molecule has 0 spiro atoms. The second-order valence-electron chi connectivity index (χ2n) is 5.60. The molecule has 0 unspecified atom stereocenters. The third kappa shape index (κ3) is 3.94. The van der Waals surface area contributed by atoms with Crippen LogP contribution in [0.25, 0.3) is 0 Å². The van der Waals surface area contributed by atoms with E-state index in [-0.39, 0.29) is 30.8 Å². The van der Waals surface area contributed by atoms with Crippen molar-refractivity contribution < 1.29 is 22.0 Å². The van der Waals surface area contributed by atoms with Crippen molar-refractivity contribution in [2.45, 2.75) is 25.9 Å². The normalized spacial score (nSPS) is 16.1. The van der Waals surface area contributed by atoms with E-state index in [1.165, 1.54) is 4.90 Å². The van der Waals surface area contributed by atoms with Crippen molar-refractivity contribution in [2.75, 3.05) is 18.6 Å². The van der Waals surface area contributed by atoms with Gasteiger partial charge in [0.15, 0.2) is 0 Å². The molecule has 0 saturated heterocycles. The lowest BCUT2D eigenvalue weighted by Gasteiger charge is -2.30. The van der Waals surface area contributed by atoms with Crippen LogP contribution < -0.4 is 5.32 Å². The van der Waals surface area contributed by atoms with Crippen LogP contribution in [-0.4, -0.2) is 43.9 Å². The van der Waals surface area contributed by atoms with Crippen molar-refractivity contribution in [2.24, 2.45) is 0 Å². The molecular formula is C14H18F2N2O3S. The summed E-state index contributed by atoms with van der Waals surface area (Å²) in [5.74, 6) is -1.19. The van der Waals surface area contributed by atoms with Gasteiger partial charge in [-0.2, -0.15) is 0 Å². The standard InChI is InChI=1S/C14H18F2N2O3S/c1-9(8-22(2,20)21)17-14(19)18-6-5-10-11(7-18)13(16)4-3-12(10)15/h3-4,9H,5-8H2,1-2H3,(H,17,19)/t9-/m0/s1. The molecule has 5 nitrogen and oxygen atoms in total. The van der Waals surface area contributed by atoms with Gasteiger partial charge in [0.05, 0.1) is 12.3 Å². The maximum atomic E-state index is 13.8. The molecule has 8 heteroatoms. The fourth-order valence-corrected chi connectivity index (χ4v) is 3.56. The second-order valence-corrected chi connectivity index (χ2v) is 7.79. The molecule has 1 aliphatic rings. The number of nitrogens with one attached hydrogen (secondary N) is 1. The number of nitrogens with zero attached hydrogens (tertiary/aromatic N) is 1. The summed E-state index contributed by atoms with van der Waals surface area (Å²) >= 11 is 0. The van der Waals surface area contributed by atoms with Gasteiger partial charge >= 0.3 is 6.03 Å². The SMILES string of the molecule is C[C@@H](CS(C)(=O)=O)NC(=O)N1CCc2c(F)ccc(F)c2C1. The fraction of sp³-hybridized carbons (Fsp3) is 0.500. The van der Waals surface area contributed by atoms with Crippen molar-refractivity contribution in [3.05, 3.63) is 34.9 Å². The Morgan fingerprint density at radius 2 is 1.91 bits per heavy atom. The predicted molar refractivity (Wildman–Crippen MR) is 78.2 cm³/mol. The van der Waals surface area contributed by atoms with Gasteiger partial charge in [0.1, 0.15) is 21.5 Å². The van der Waals surface area contributed by atoms with Crippen molar-refractivity contribution >= 4 is 15.9 Å². The van der Waals surface area contributed by atoms with Gasteiger partial charge in [-0.3, -0.25) is 0 Å². The summed E-state index contributed by atoms with van der Waals surface area (Å²) in [7, 11) is -3.20. The number of hydrogen-bond donors (Lipinski definition) is 1. The Kier molecular flexibility index (Phi) is 4.69. The van der Waals surface area contributed by atoms with Crippen LogP contribution in [0.5, 0.6) is 0 Å². The summed E-state index contributed by atoms with van der Waals surface area (Å²) in [6.07, 6.45) is 1.32. The molecule has 0 fully saturated rings. The first-order chi connectivity index (χ1) is 10.2. The van der Waals surface area contributed by atoms with Crippen LogP contribution >= 0.6 is 0 Å². The first-order valence-electron chi connectivity index (χ1n) is 6.86. The van der Waals surface area contributed by atoms with Gasteiger partial charge in [-0.1, -0.05) is 0 Å². The largest absolute Gasteiger partial charge is 0.335 e. The van der Waals surface area contributed by atoms with E-state index in [1.807, 2.05) is 0 Å². The molecular weight excluding hydrogens is 314 g/mol. The van der Waals surface area contributed by atoms with Crippen molar-refractivity contribution in [1.29, 1.82) is 0 Å². The summed E-state index contributed by atoms with van der Waals surface area (Å²) < 4.78 is 49.8. The monoisotopic (exact) mass is 332 g/mol. The highest BCUT2D eigenvalue weighted by Crippen LogP contribution is 2.24. The Bertz CT molecular complexity index is 692. The Balaban J connectivity index is 2.06. The summed E-state index contributed by atoms with van der Waals surface area (Å²) in [5, 5.41) is 2.56. The molecule has 122 valence electrons.